The molecule has 2 aliphatic carbocycles. The first-order valence-corrected chi connectivity index (χ1v) is 18.0. The Labute approximate surface area is 306 Å². The molecule has 2 aliphatic heterocycles. The third-order valence-electron chi connectivity index (χ3n) is 10.9. The summed E-state index contributed by atoms with van der Waals surface area (Å²) in [7, 11) is 1.55. The minimum Gasteiger partial charge on any atom is -0.497 e. The maximum absolute atomic E-state index is 14.5. The number of aromatic nitrogens is 1. The maximum atomic E-state index is 14.5. The summed E-state index contributed by atoms with van der Waals surface area (Å²) < 4.78 is 29.0. The van der Waals surface area contributed by atoms with E-state index in [0.29, 0.717) is 45.2 Å². The molecule has 14 heteroatoms. The normalized spacial score (nSPS) is 25.2. The standard InChI is InChI=1S/C39H44N4O10/c1-5-23-31(32(23)38(46)47)33-30(17-43(35(33)36(40)44)37(45)34(19(2)3)42-39(48)52-21-8-6-7-9-21)53-28-16-25(20-10-13-27-29(14-20)51-18-50-27)41-26-15-22(49-4)11-12-24(26)28/h5,10-16,19,21,23,30-35H,1,6-9,17-18H2,2-4H3,(H2,40,44)(H,42,48)(H,46,47)/t23-,30?,31?,32-,33?,34+,35+/m1/s1. The van der Waals surface area contributed by atoms with E-state index in [0.717, 1.165) is 25.7 Å². The Bertz CT molecular complexity index is 1940. The summed E-state index contributed by atoms with van der Waals surface area (Å²) in [6, 6.07) is 10.3. The number of carboxylic acids is 1. The number of hydrogen-bond acceptors (Lipinski definition) is 10. The van der Waals surface area contributed by atoms with E-state index >= 15 is 0 Å². The van der Waals surface area contributed by atoms with Crippen molar-refractivity contribution in [2.24, 2.45) is 35.3 Å². The number of aliphatic carboxylic acids is 1. The minimum absolute atomic E-state index is 0.105. The second-order valence-corrected chi connectivity index (χ2v) is 14.5. The highest BCUT2D eigenvalue weighted by molar-refractivity contribution is 5.93. The van der Waals surface area contributed by atoms with Gasteiger partial charge in [0.05, 0.1) is 30.8 Å². The van der Waals surface area contributed by atoms with Gasteiger partial charge in [-0.1, -0.05) is 19.9 Å². The van der Waals surface area contributed by atoms with E-state index in [2.05, 4.69) is 11.9 Å². The topological polar surface area (TPSA) is 189 Å². The number of nitrogens with one attached hydrogen (secondary N) is 1. The van der Waals surface area contributed by atoms with Crippen molar-refractivity contribution >= 4 is 34.8 Å². The van der Waals surface area contributed by atoms with Gasteiger partial charge in [-0.05, 0) is 73.8 Å². The van der Waals surface area contributed by atoms with E-state index in [4.69, 9.17) is 34.4 Å². The largest absolute Gasteiger partial charge is 0.497 e. The molecule has 14 nitrogen and oxygen atoms in total. The van der Waals surface area contributed by atoms with Gasteiger partial charge >= 0.3 is 12.1 Å². The molecular formula is C39H44N4O10. The molecule has 4 N–H and O–H groups in total. The number of primary amides is 1. The van der Waals surface area contributed by atoms with Crippen LogP contribution >= 0.6 is 0 Å². The number of nitrogens with two attached hydrogens (primary N) is 1. The highest BCUT2D eigenvalue weighted by Crippen LogP contribution is 2.56. The van der Waals surface area contributed by atoms with Crippen LogP contribution < -0.4 is 30.0 Å². The number of ether oxygens (including phenoxy) is 5. The van der Waals surface area contributed by atoms with Crippen LogP contribution in [0.1, 0.15) is 39.5 Å². The van der Waals surface area contributed by atoms with Gasteiger partial charge < -0.3 is 44.7 Å². The Morgan fingerprint density at radius 3 is 2.47 bits per heavy atom. The number of rotatable bonds is 12. The molecule has 3 aromatic rings. The molecule has 0 radical (unpaired) electrons. The first-order valence-electron chi connectivity index (χ1n) is 18.0. The molecule has 0 spiro atoms. The summed E-state index contributed by atoms with van der Waals surface area (Å²) in [6.45, 7) is 7.42. The fourth-order valence-corrected chi connectivity index (χ4v) is 8.25. The Hall–Kier alpha value is -5.53. The summed E-state index contributed by atoms with van der Waals surface area (Å²) in [5, 5.41) is 13.5. The summed E-state index contributed by atoms with van der Waals surface area (Å²) in [5.41, 5.74) is 7.88. The van der Waals surface area contributed by atoms with Crippen molar-refractivity contribution < 1.29 is 48.0 Å². The van der Waals surface area contributed by atoms with Gasteiger partial charge in [0.25, 0.3) is 0 Å². The predicted octanol–water partition coefficient (Wildman–Crippen LogP) is 4.53. The number of carbonyl (C=O) groups excluding carboxylic acids is 3. The lowest BCUT2D eigenvalue weighted by Gasteiger charge is -2.31. The zero-order valence-electron chi connectivity index (χ0n) is 29.9. The Balaban J connectivity index is 1.27. The third kappa shape index (κ3) is 6.89. The van der Waals surface area contributed by atoms with E-state index < -0.39 is 65.7 Å². The average Bonchev–Trinajstić information content (AvgIpc) is 3.50. The molecule has 0 bridgehead atoms. The number of methoxy groups -OCH3 is 1. The predicted molar refractivity (Wildman–Crippen MR) is 191 cm³/mol. The molecular weight excluding hydrogens is 684 g/mol. The first kappa shape index (κ1) is 35.9. The summed E-state index contributed by atoms with van der Waals surface area (Å²) in [5.74, 6) is -3.43. The van der Waals surface area contributed by atoms with Gasteiger partial charge in [-0.25, -0.2) is 9.78 Å². The second-order valence-electron chi connectivity index (χ2n) is 14.5. The van der Waals surface area contributed by atoms with Gasteiger partial charge in [-0.3, -0.25) is 14.4 Å². The molecule has 280 valence electrons. The van der Waals surface area contributed by atoms with Crippen LogP contribution in [0, 0.1) is 29.6 Å². The molecule has 3 heterocycles. The first-order chi connectivity index (χ1) is 25.5. The highest BCUT2D eigenvalue weighted by Gasteiger charge is 2.65. The monoisotopic (exact) mass is 728 g/mol. The molecule has 2 saturated carbocycles. The van der Waals surface area contributed by atoms with Gasteiger partial charge in [0, 0.05) is 29.0 Å². The maximum Gasteiger partial charge on any atom is 0.408 e. The van der Waals surface area contributed by atoms with E-state index in [9.17, 15) is 24.3 Å². The van der Waals surface area contributed by atoms with Crippen molar-refractivity contribution in [2.45, 2.75) is 63.8 Å². The number of pyridine rings is 1. The molecule has 4 aliphatic rings. The van der Waals surface area contributed by atoms with Crippen LogP contribution in [0.2, 0.25) is 0 Å². The Kier molecular flexibility index (Phi) is 9.79. The van der Waals surface area contributed by atoms with Crippen molar-refractivity contribution in [3.63, 3.8) is 0 Å². The Morgan fingerprint density at radius 2 is 1.81 bits per heavy atom. The zero-order valence-corrected chi connectivity index (χ0v) is 29.9. The molecule has 3 unspecified atom stereocenters. The summed E-state index contributed by atoms with van der Waals surface area (Å²) >= 11 is 0. The molecule has 3 amide bonds. The SMILES string of the molecule is C=C[C@@H]1C(C2C(Oc3cc(-c4ccc5c(c4)OCO5)nc4cc(OC)ccc34)CN(C(=O)[C@@H](NC(=O)OC3CCCC3)C(C)C)[C@@H]2C(N)=O)[C@@H]1C(=O)O. The lowest BCUT2D eigenvalue weighted by molar-refractivity contribution is -0.141. The van der Waals surface area contributed by atoms with E-state index in [1.165, 1.54) is 4.90 Å². The molecule has 7 atom stereocenters. The molecule has 7 rings (SSSR count). The fraction of sp³-hybridized carbons (Fsp3) is 0.462. The van der Waals surface area contributed by atoms with E-state index in [1.807, 2.05) is 12.1 Å². The molecule has 53 heavy (non-hydrogen) atoms. The quantitative estimate of drug-likeness (QED) is 0.222. The van der Waals surface area contributed by atoms with Crippen molar-refractivity contribution in [2.75, 3.05) is 20.4 Å². The summed E-state index contributed by atoms with van der Waals surface area (Å²) in [6.07, 6.45) is 3.19. The smallest absolute Gasteiger partial charge is 0.408 e. The number of allylic oxidation sites excluding steroid dienone is 1. The molecule has 2 aromatic carbocycles. The highest BCUT2D eigenvalue weighted by atomic mass is 16.7. The van der Waals surface area contributed by atoms with Crippen LogP contribution in [-0.2, 0) is 19.1 Å². The number of amides is 3. The van der Waals surface area contributed by atoms with Crippen LogP contribution in [0.15, 0.2) is 55.1 Å². The number of benzene rings is 2. The number of nitrogens with zero attached hydrogens (tertiary/aromatic N) is 2. The molecule has 3 fully saturated rings. The van der Waals surface area contributed by atoms with Crippen LogP contribution in [0.3, 0.4) is 0 Å². The van der Waals surface area contributed by atoms with Crippen LogP contribution in [0.25, 0.3) is 22.2 Å². The van der Waals surface area contributed by atoms with Gasteiger partial charge in [0.1, 0.15) is 35.8 Å². The number of carbonyl (C=O) groups is 4. The van der Waals surface area contributed by atoms with Crippen LogP contribution in [0.5, 0.6) is 23.0 Å². The van der Waals surface area contributed by atoms with Crippen molar-refractivity contribution in [3.05, 3.63) is 55.1 Å². The van der Waals surface area contributed by atoms with Crippen molar-refractivity contribution in [1.29, 1.82) is 0 Å². The number of likely N-dealkylation sites (tertiary alicyclic amines) is 1. The van der Waals surface area contributed by atoms with Crippen LogP contribution in [0.4, 0.5) is 4.79 Å². The second kappa shape index (κ2) is 14.5. The zero-order chi connectivity index (χ0) is 37.6. The minimum atomic E-state index is -1.24. The van der Waals surface area contributed by atoms with Crippen LogP contribution in [-0.4, -0.2) is 83.6 Å². The molecule has 1 saturated heterocycles. The van der Waals surface area contributed by atoms with Gasteiger partial charge in [-0.2, -0.15) is 0 Å². The molecule has 1 aromatic heterocycles. The number of hydrogen-bond donors (Lipinski definition) is 3. The fourth-order valence-electron chi connectivity index (χ4n) is 8.25. The van der Waals surface area contributed by atoms with Crippen molar-refractivity contribution in [1.82, 2.24) is 15.2 Å². The van der Waals surface area contributed by atoms with E-state index in [1.54, 1.807) is 57.4 Å². The summed E-state index contributed by atoms with van der Waals surface area (Å²) in [4.78, 5) is 59.6. The lowest BCUT2D eigenvalue weighted by Crippen LogP contribution is -2.56. The van der Waals surface area contributed by atoms with E-state index in [-0.39, 0.29) is 25.4 Å². The lowest BCUT2D eigenvalue weighted by atomic mass is 9.89. The third-order valence-corrected chi connectivity index (χ3v) is 10.9. The van der Waals surface area contributed by atoms with Crippen molar-refractivity contribution in [3.8, 4) is 34.3 Å². The average molecular weight is 729 g/mol. The number of carboxylic acid groups (broad SMARTS) is 1. The number of alkyl carbamates (subject to hydrolysis) is 1. The van der Waals surface area contributed by atoms with Gasteiger partial charge in [0.15, 0.2) is 11.5 Å². The Morgan fingerprint density at radius 1 is 1.06 bits per heavy atom. The number of fused-ring (bicyclic) bond motifs is 2. The van der Waals surface area contributed by atoms with Gasteiger partial charge in [0.2, 0.25) is 18.6 Å². The van der Waals surface area contributed by atoms with Gasteiger partial charge in [-0.15, -0.1) is 6.58 Å².